The Labute approximate surface area is 163 Å². The number of hydrogen-bond donors (Lipinski definition) is 0. The lowest BCUT2D eigenvalue weighted by Crippen LogP contribution is -1.92. The lowest BCUT2D eigenvalue weighted by Gasteiger charge is -1.98. The van der Waals surface area contributed by atoms with Crippen LogP contribution in [0.2, 0.25) is 0 Å². The largest absolute Gasteiger partial charge is 0.415 e. The van der Waals surface area contributed by atoms with Crippen molar-refractivity contribution in [3.8, 4) is 17.1 Å². The number of non-ortho nitro benzene ring substituents is 1. The summed E-state index contributed by atoms with van der Waals surface area (Å²) in [5.74, 6) is 0.251. The fourth-order valence-electron chi connectivity index (χ4n) is 2.53. The van der Waals surface area contributed by atoms with Gasteiger partial charge in [0.25, 0.3) is 11.6 Å². The molecule has 0 aliphatic heterocycles. The van der Waals surface area contributed by atoms with Crippen LogP contribution in [0.25, 0.3) is 28.2 Å². The van der Waals surface area contributed by atoms with E-state index in [4.69, 9.17) is 16.0 Å². The van der Waals surface area contributed by atoms with Crippen molar-refractivity contribution in [2.45, 2.75) is 0 Å². The third-order valence-corrected chi connectivity index (χ3v) is 4.12. The van der Waals surface area contributed by atoms with Gasteiger partial charge in [0.15, 0.2) is 0 Å². The van der Waals surface area contributed by atoms with Crippen LogP contribution in [0, 0.1) is 10.1 Å². The van der Waals surface area contributed by atoms with E-state index < -0.39 is 4.92 Å². The van der Waals surface area contributed by atoms with Gasteiger partial charge in [0, 0.05) is 29.5 Å². The molecule has 0 saturated carbocycles. The summed E-state index contributed by atoms with van der Waals surface area (Å²) >= 11 is 6.30. The predicted octanol–water partition coefficient (Wildman–Crippen LogP) is 4.57. The number of hydrogen-bond acceptors (Lipinski definition) is 6. The van der Waals surface area contributed by atoms with Crippen LogP contribution in [0.15, 0.2) is 71.4 Å². The van der Waals surface area contributed by atoms with E-state index in [1.807, 2.05) is 36.5 Å². The molecule has 0 bridgehead atoms. The second-order valence-electron chi connectivity index (χ2n) is 5.77. The molecular formula is C19H12ClN5O3. The molecule has 0 unspecified atom stereocenters. The molecule has 0 spiro atoms. The molecule has 8 nitrogen and oxygen atoms in total. The molecule has 2 heterocycles. The van der Waals surface area contributed by atoms with Crippen molar-refractivity contribution in [1.82, 2.24) is 20.0 Å². The number of para-hydroxylation sites is 1. The average molecular weight is 394 g/mol. The molecule has 4 aromatic rings. The number of halogens is 1. The summed E-state index contributed by atoms with van der Waals surface area (Å²) in [6.45, 7) is 0. The smallest absolute Gasteiger partial charge is 0.270 e. The topological polar surface area (TPSA) is 99.9 Å². The zero-order valence-electron chi connectivity index (χ0n) is 14.3. The first-order chi connectivity index (χ1) is 13.6. The van der Waals surface area contributed by atoms with Gasteiger partial charge < -0.3 is 4.42 Å². The van der Waals surface area contributed by atoms with Gasteiger partial charge in [-0.25, -0.2) is 4.68 Å². The molecule has 4 rings (SSSR count). The summed E-state index contributed by atoms with van der Waals surface area (Å²) in [6.07, 6.45) is 5.13. The number of nitro groups is 1. The van der Waals surface area contributed by atoms with Gasteiger partial charge in [-0.05, 0) is 24.3 Å². The van der Waals surface area contributed by atoms with Crippen molar-refractivity contribution in [2.75, 3.05) is 0 Å². The number of nitro benzene ring substituents is 1. The summed E-state index contributed by atoms with van der Waals surface area (Å²) in [7, 11) is 0. The minimum absolute atomic E-state index is 0.0628. The van der Waals surface area contributed by atoms with Crippen molar-refractivity contribution >= 4 is 28.4 Å². The number of nitrogens with zero attached hydrogens (tertiary/aromatic N) is 5. The van der Waals surface area contributed by atoms with Crippen molar-refractivity contribution < 1.29 is 9.34 Å². The van der Waals surface area contributed by atoms with Crippen LogP contribution in [0.1, 0.15) is 11.5 Å². The van der Waals surface area contributed by atoms with Gasteiger partial charge in [0.2, 0.25) is 5.89 Å². The SMILES string of the molecule is O=[N+]([O-])c1cccc(-c2nnc(/C(Cl)=C/c3cnn(-c4ccccc4)c3)o2)c1. The molecule has 9 heteroatoms. The highest BCUT2D eigenvalue weighted by Gasteiger charge is 2.14. The van der Waals surface area contributed by atoms with E-state index >= 15 is 0 Å². The summed E-state index contributed by atoms with van der Waals surface area (Å²) < 4.78 is 7.28. The van der Waals surface area contributed by atoms with E-state index in [0.29, 0.717) is 5.56 Å². The van der Waals surface area contributed by atoms with Crippen LogP contribution >= 0.6 is 11.6 Å². The lowest BCUT2D eigenvalue weighted by atomic mass is 10.2. The van der Waals surface area contributed by atoms with Crippen molar-refractivity contribution in [3.63, 3.8) is 0 Å². The second-order valence-corrected chi connectivity index (χ2v) is 6.17. The summed E-state index contributed by atoms with van der Waals surface area (Å²) in [6, 6.07) is 15.6. The maximum absolute atomic E-state index is 10.9. The summed E-state index contributed by atoms with van der Waals surface area (Å²) in [5, 5.41) is 23.3. The molecule has 2 aromatic carbocycles. The monoisotopic (exact) mass is 393 g/mol. The third-order valence-electron chi connectivity index (χ3n) is 3.85. The second kappa shape index (κ2) is 7.45. The Hall–Kier alpha value is -3.78. The van der Waals surface area contributed by atoms with Crippen LogP contribution in [-0.4, -0.2) is 24.9 Å². The molecule has 0 amide bonds. The standard InChI is InChI=1S/C19H12ClN5O3/c20-17(9-13-11-21-24(12-13)15-6-2-1-3-7-15)19-23-22-18(28-19)14-5-4-8-16(10-14)25(26)27/h1-12H/b17-9-. The summed E-state index contributed by atoms with van der Waals surface area (Å²) in [5.41, 5.74) is 2.05. The molecule has 0 aliphatic carbocycles. The molecule has 0 N–H and O–H groups in total. The first-order valence-corrected chi connectivity index (χ1v) is 8.54. The molecule has 2 aromatic heterocycles. The molecule has 0 saturated heterocycles. The maximum Gasteiger partial charge on any atom is 0.270 e. The molecule has 28 heavy (non-hydrogen) atoms. The van der Waals surface area contributed by atoms with Gasteiger partial charge >= 0.3 is 0 Å². The lowest BCUT2D eigenvalue weighted by molar-refractivity contribution is -0.384. The van der Waals surface area contributed by atoms with Gasteiger partial charge in [-0.3, -0.25) is 10.1 Å². The van der Waals surface area contributed by atoms with Crippen LogP contribution in [0.3, 0.4) is 0 Å². The number of aromatic nitrogens is 4. The van der Waals surface area contributed by atoms with E-state index in [0.717, 1.165) is 11.3 Å². The Morgan fingerprint density at radius 1 is 1.14 bits per heavy atom. The van der Waals surface area contributed by atoms with Crippen LogP contribution in [0.5, 0.6) is 0 Å². The highest BCUT2D eigenvalue weighted by atomic mass is 35.5. The van der Waals surface area contributed by atoms with Crippen molar-refractivity contribution in [3.05, 3.63) is 88.6 Å². The van der Waals surface area contributed by atoms with Gasteiger partial charge in [-0.2, -0.15) is 5.10 Å². The van der Waals surface area contributed by atoms with Crippen molar-refractivity contribution in [2.24, 2.45) is 0 Å². The summed E-state index contributed by atoms with van der Waals surface area (Å²) in [4.78, 5) is 10.4. The van der Waals surface area contributed by atoms with Gasteiger partial charge in [0.1, 0.15) is 5.03 Å². The predicted molar refractivity (Wildman–Crippen MR) is 104 cm³/mol. The fraction of sp³-hybridized carbons (Fsp3) is 0. The van der Waals surface area contributed by atoms with Gasteiger partial charge in [-0.1, -0.05) is 35.9 Å². The zero-order valence-corrected chi connectivity index (χ0v) is 15.0. The number of rotatable bonds is 5. The molecule has 0 radical (unpaired) electrons. The Balaban J connectivity index is 1.58. The molecule has 0 aliphatic rings. The van der Waals surface area contributed by atoms with E-state index in [-0.39, 0.29) is 22.5 Å². The van der Waals surface area contributed by atoms with Crippen LogP contribution in [-0.2, 0) is 0 Å². The highest BCUT2D eigenvalue weighted by molar-refractivity contribution is 6.50. The van der Waals surface area contributed by atoms with E-state index in [1.54, 1.807) is 29.1 Å². The average Bonchev–Trinajstić information content (AvgIpc) is 3.39. The quantitative estimate of drug-likeness (QED) is 0.363. The molecular weight excluding hydrogens is 382 g/mol. The van der Waals surface area contributed by atoms with Gasteiger partial charge in [0.05, 0.1) is 16.8 Å². The Morgan fingerprint density at radius 3 is 2.75 bits per heavy atom. The Kier molecular flexibility index (Phi) is 4.69. The minimum atomic E-state index is -0.488. The Bertz CT molecular complexity index is 1170. The van der Waals surface area contributed by atoms with Gasteiger partial charge in [-0.15, -0.1) is 10.2 Å². The first-order valence-electron chi connectivity index (χ1n) is 8.16. The maximum atomic E-state index is 10.9. The van der Waals surface area contributed by atoms with E-state index in [1.165, 1.54) is 12.1 Å². The van der Waals surface area contributed by atoms with E-state index in [2.05, 4.69) is 15.3 Å². The highest BCUT2D eigenvalue weighted by Crippen LogP contribution is 2.27. The molecule has 0 atom stereocenters. The molecule has 138 valence electrons. The zero-order chi connectivity index (χ0) is 19.5. The Morgan fingerprint density at radius 2 is 1.96 bits per heavy atom. The van der Waals surface area contributed by atoms with E-state index in [9.17, 15) is 10.1 Å². The fourth-order valence-corrected chi connectivity index (χ4v) is 2.73. The minimum Gasteiger partial charge on any atom is -0.415 e. The normalized spacial score (nSPS) is 11.5. The first kappa shape index (κ1) is 17.6. The number of benzene rings is 2. The molecule has 0 fully saturated rings. The third kappa shape index (κ3) is 3.67. The van der Waals surface area contributed by atoms with Crippen LogP contribution in [0.4, 0.5) is 5.69 Å². The van der Waals surface area contributed by atoms with Crippen molar-refractivity contribution in [1.29, 1.82) is 0 Å². The van der Waals surface area contributed by atoms with Crippen LogP contribution < -0.4 is 0 Å².